The Morgan fingerprint density at radius 2 is 1.86 bits per heavy atom. The molecule has 0 amide bonds. The number of carbonyl (C=O) groups is 1. The van der Waals surface area contributed by atoms with Crippen LogP contribution < -0.4 is 16.0 Å². The van der Waals surface area contributed by atoms with Crippen molar-refractivity contribution in [1.82, 2.24) is 18.7 Å². The minimum Gasteiger partial charge on any atom is -0.479 e. The molecule has 0 N–H and O–H groups in total. The number of fused-ring (bicyclic) bond motifs is 1. The lowest BCUT2D eigenvalue weighted by molar-refractivity contribution is -0.151. The molecule has 3 aromatic rings. The zero-order valence-electron chi connectivity index (χ0n) is 15.6. The van der Waals surface area contributed by atoms with Crippen LogP contribution in [-0.2, 0) is 30.2 Å². The summed E-state index contributed by atoms with van der Waals surface area (Å²) in [5, 5.41) is 0. The maximum Gasteiger partial charge on any atom is 0.347 e. The second kappa shape index (κ2) is 8.01. The standard InChI is InChI=1S/C18H19BrN4O5/c1-11(28-13-6-4-12(19)5-7-13)17(25)27-9-8-23-10-20-15-14(23)16(24)22(3)18(26)21(15)2/h4-7,10-11H,8-9H2,1-3H3. The molecule has 0 aliphatic rings. The van der Waals surface area contributed by atoms with Gasteiger partial charge in [-0.15, -0.1) is 0 Å². The molecule has 0 aliphatic heterocycles. The number of aromatic nitrogens is 4. The van der Waals surface area contributed by atoms with Crippen LogP contribution >= 0.6 is 15.9 Å². The highest BCUT2D eigenvalue weighted by Gasteiger charge is 2.18. The van der Waals surface area contributed by atoms with Gasteiger partial charge >= 0.3 is 11.7 Å². The van der Waals surface area contributed by atoms with Gasteiger partial charge in [0, 0.05) is 18.6 Å². The van der Waals surface area contributed by atoms with Gasteiger partial charge in [-0.05, 0) is 31.2 Å². The number of carbonyl (C=O) groups excluding carboxylic acids is 1. The van der Waals surface area contributed by atoms with Crippen molar-refractivity contribution in [2.24, 2.45) is 14.1 Å². The van der Waals surface area contributed by atoms with E-state index in [0.717, 1.165) is 9.04 Å². The molecule has 148 valence electrons. The molecule has 2 heterocycles. The zero-order chi connectivity index (χ0) is 20.4. The van der Waals surface area contributed by atoms with Crippen molar-refractivity contribution in [2.75, 3.05) is 6.61 Å². The Kier molecular flexibility index (Phi) is 5.68. The predicted octanol–water partition coefficient (Wildman–Crippen LogP) is 1.21. The highest BCUT2D eigenvalue weighted by molar-refractivity contribution is 9.10. The smallest absolute Gasteiger partial charge is 0.347 e. The summed E-state index contributed by atoms with van der Waals surface area (Å²) in [5.41, 5.74) is -0.340. The third-order valence-electron chi connectivity index (χ3n) is 4.25. The number of imidazole rings is 1. The topological polar surface area (TPSA) is 97.3 Å². The average molecular weight is 451 g/mol. The molecule has 0 saturated heterocycles. The van der Waals surface area contributed by atoms with E-state index in [-0.39, 0.29) is 24.3 Å². The SMILES string of the molecule is CC(Oc1ccc(Br)cc1)C(=O)OCCn1cnc2c1c(=O)n(C)c(=O)n2C. The van der Waals surface area contributed by atoms with Gasteiger partial charge in [0.05, 0.1) is 12.9 Å². The summed E-state index contributed by atoms with van der Waals surface area (Å²) < 4.78 is 15.6. The highest BCUT2D eigenvalue weighted by atomic mass is 79.9. The summed E-state index contributed by atoms with van der Waals surface area (Å²) >= 11 is 3.33. The van der Waals surface area contributed by atoms with Crippen molar-refractivity contribution < 1.29 is 14.3 Å². The van der Waals surface area contributed by atoms with Crippen molar-refractivity contribution in [3.8, 4) is 5.75 Å². The van der Waals surface area contributed by atoms with E-state index in [9.17, 15) is 14.4 Å². The van der Waals surface area contributed by atoms with Crippen molar-refractivity contribution in [1.29, 1.82) is 0 Å². The first-order chi connectivity index (χ1) is 13.3. The van der Waals surface area contributed by atoms with Gasteiger partial charge in [-0.3, -0.25) is 13.9 Å². The first-order valence-electron chi connectivity index (χ1n) is 8.49. The normalized spacial score (nSPS) is 12.1. The second-order valence-electron chi connectivity index (χ2n) is 6.20. The lowest BCUT2D eigenvalue weighted by Gasteiger charge is -2.14. The fourth-order valence-corrected chi connectivity index (χ4v) is 2.96. The van der Waals surface area contributed by atoms with Crippen LogP contribution in [-0.4, -0.2) is 37.4 Å². The zero-order valence-corrected chi connectivity index (χ0v) is 17.2. The average Bonchev–Trinajstić information content (AvgIpc) is 3.10. The molecule has 1 aromatic carbocycles. The molecular weight excluding hydrogens is 432 g/mol. The molecule has 1 atom stereocenters. The molecular formula is C18H19BrN4O5. The van der Waals surface area contributed by atoms with Crippen LogP contribution in [0.15, 0.2) is 44.7 Å². The van der Waals surface area contributed by atoms with Gasteiger partial charge in [-0.2, -0.15) is 0 Å². The number of hydrogen-bond donors (Lipinski definition) is 0. The molecule has 0 spiro atoms. The molecule has 0 bridgehead atoms. The van der Waals surface area contributed by atoms with Crippen molar-refractivity contribution >= 4 is 33.1 Å². The maximum absolute atomic E-state index is 12.4. The van der Waals surface area contributed by atoms with Crippen LogP contribution in [0.3, 0.4) is 0 Å². The molecule has 3 rings (SSSR count). The summed E-state index contributed by atoms with van der Waals surface area (Å²) in [7, 11) is 2.95. The number of hydrogen-bond acceptors (Lipinski definition) is 6. The molecule has 0 fully saturated rings. The minimum atomic E-state index is -0.783. The van der Waals surface area contributed by atoms with Gasteiger partial charge < -0.3 is 14.0 Å². The monoisotopic (exact) mass is 450 g/mol. The van der Waals surface area contributed by atoms with Crippen LogP contribution in [0.4, 0.5) is 0 Å². The van der Waals surface area contributed by atoms with Crippen molar-refractivity contribution in [3.63, 3.8) is 0 Å². The summed E-state index contributed by atoms with van der Waals surface area (Å²) in [6.07, 6.45) is 0.663. The molecule has 10 heteroatoms. The number of benzene rings is 1. The van der Waals surface area contributed by atoms with E-state index in [0.29, 0.717) is 5.75 Å². The first-order valence-corrected chi connectivity index (χ1v) is 9.28. The fourth-order valence-electron chi connectivity index (χ4n) is 2.69. The maximum atomic E-state index is 12.4. The van der Waals surface area contributed by atoms with E-state index in [2.05, 4.69) is 20.9 Å². The first kappa shape index (κ1) is 19.9. The van der Waals surface area contributed by atoms with E-state index >= 15 is 0 Å². The van der Waals surface area contributed by atoms with Gasteiger partial charge in [0.15, 0.2) is 17.3 Å². The van der Waals surface area contributed by atoms with Crippen LogP contribution in [0.2, 0.25) is 0 Å². The van der Waals surface area contributed by atoms with Gasteiger partial charge in [0.1, 0.15) is 12.4 Å². The third kappa shape index (κ3) is 3.86. The fraction of sp³-hybridized carbons (Fsp3) is 0.333. The van der Waals surface area contributed by atoms with Crippen LogP contribution in [0.5, 0.6) is 5.75 Å². The van der Waals surface area contributed by atoms with Crippen LogP contribution in [0.25, 0.3) is 11.2 Å². The van der Waals surface area contributed by atoms with Gasteiger partial charge in [0.25, 0.3) is 5.56 Å². The highest BCUT2D eigenvalue weighted by Crippen LogP contribution is 2.17. The number of rotatable bonds is 6. The van der Waals surface area contributed by atoms with Gasteiger partial charge in [-0.25, -0.2) is 14.6 Å². The Hall–Kier alpha value is -2.88. The lowest BCUT2D eigenvalue weighted by Crippen LogP contribution is -2.37. The summed E-state index contributed by atoms with van der Waals surface area (Å²) in [4.78, 5) is 40.6. The minimum absolute atomic E-state index is 0.0321. The molecule has 0 radical (unpaired) electrons. The third-order valence-corrected chi connectivity index (χ3v) is 4.78. The Morgan fingerprint density at radius 3 is 2.54 bits per heavy atom. The summed E-state index contributed by atoms with van der Waals surface area (Å²) in [6, 6.07) is 7.10. The van der Waals surface area contributed by atoms with Crippen molar-refractivity contribution in [3.05, 3.63) is 55.9 Å². The number of halogens is 1. The number of aryl methyl sites for hydroxylation is 1. The molecule has 2 aromatic heterocycles. The van der Waals surface area contributed by atoms with E-state index < -0.39 is 23.3 Å². The summed E-state index contributed by atoms with van der Waals surface area (Å²) in [5.74, 6) is 0.0327. The Balaban J connectivity index is 1.65. The number of ether oxygens (including phenoxy) is 2. The van der Waals surface area contributed by atoms with Crippen LogP contribution in [0.1, 0.15) is 6.92 Å². The predicted molar refractivity (Wildman–Crippen MR) is 105 cm³/mol. The Morgan fingerprint density at radius 1 is 1.18 bits per heavy atom. The summed E-state index contributed by atoms with van der Waals surface area (Å²) in [6.45, 7) is 1.85. The van der Waals surface area contributed by atoms with E-state index in [1.165, 1.54) is 17.9 Å². The second-order valence-corrected chi connectivity index (χ2v) is 7.11. The van der Waals surface area contributed by atoms with Gasteiger partial charge in [0.2, 0.25) is 0 Å². The molecule has 1 unspecified atom stereocenters. The van der Waals surface area contributed by atoms with E-state index in [4.69, 9.17) is 9.47 Å². The van der Waals surface area contributed by atoms with E-state index in [1.807, 2.05) is 12.1 Å². The quantitative estimate of drug-likeness (QED) is 0.523. The number of nitrogens with zero attached hydrogens (tertiary/aromatic N) is 4. The Bertz CT molecular complexity index is 1130. The lowest BCUT2D eigenvalue weighted by atomic mass is 10.3. The Labute approximate surface area is 168 Å². The largest absolute Gasteiger partial charge is 0.479 e. The number of esters is 1. The molecule has 28 heavy (non-hydrogen) atoms. The van der Waals surface area contributed by atoms with Gasteiger partial charge in [-0.1, -0.05) is 15.9 Å². The van der Waals surface area contributed by atoms with Crippen LogP contribution in [0, 0.1) is 0 Å². The molecule has 0 aliphatic carbocycles. The van der Waals surface area contributed by atoms with E-state index in [1.54, 1.807) is 30.7 Å². The molecule has 0 saturated carbocycles. The van der Waals surface area contributed by atoms with Crippen molar-refractivity contribution in [2.45, 2.75) is 19.6 Å². The molecule has 9 nitrogen and oxygen atoms in total.